The van der Waals surface area contributed by atoms with Gasteiger partial charge in [0.1, 0.15) is 11.6 Å². The van der Waals surface area contributed by atoms with E-state index in [1.54, 1.807) is 24.3 Å². The largest absolute Gasteiger partial charge is 0.388 e. The Hall–Kier alpha value is -2.22. The molecule has 0 saturated heterocycles. The molecule has 0 unspecified atom stereocenters. The lowest BCUT2D eigenvalue weighted by Gasteiger charge is -2.08. The lowest BCUT2D eigenvalue weighted by atomic mass is 10.1. The highest BCUT2D eigenvalue weighted by Gasteiger charge is 2.15. The van der Waals surface area contributed by atoms with Crippen molar-refractivity contribution in [2.75, 3.05) is 0 Å². The number of aliphatic hydroxyl groups is 1. The SMILES string of the molecule is O=c1c(Cl)ccnn1Cc1nc(C[C@H](O)c2ccc(Cl)cc2)no1. The van der Waals surface area contributed by atoms with Crippen molar-refractivity contribution in [2.24, 2.45) is 0 Å². The van der Waals surface area contributed by atoms with Gasteiger partial charge in [-0.2, -0.15) is 10.1 Å². The van der Waals surface area contributed by atoms with Crippen molar-refractivity contribution in [1.82, 2.24) is 19.9 Å². The van der Waals surface area contributed by atoms with E-state index in [2.05, 4.69) is 15.2 Å². The molecule has 0 amide bonds. The summed E-state index contributed by atoms with van der Waals surface area (Å²) in [6, 6.07) is 8.24. The van der Waals surface area contributed by atoms with Crippen LogP contribution >= 0.6 is 23.2 Å². The second-order valence-electron chi connectivity index (χ2n) is 5.02. The average Bonchev–Trinajstić information content (AvgIpc) is 2.99. The fourth-order valence-electron chi connectivity index (χ4n) is 2.08. The van der Waals surface area contributed by atoms with E-state index in [-0.39, 0.29) is 23.9 Å². The summed E-state index contributed by atoms with van der Waals surface area (Å²) in [4.78, 5) is 16.0. The molecule has 7 nitrogen and oxygen atoms in total. The lowest BCUT2D eigenvalue weighted by molar-refractivity contribution is 0.174. The number of aliphatic hydroxyl groups excluding tert-OH is 1. The maximum Gasteiger partial charge on any atom is 0.285 e. The van der Waals surface area contributed by atoms with Crippen LogP contribution < -0.4 is 5.56 Å². The Balaban J connectivity index is 1.70. The molecular weight excluding hydrogens is 355 g/mol. The van der Waals surface area contributed by atoms with Crippen LogP contribution in [0.15, 0.2) is 45.8 Å². The highest BCUT2D eigenvalue weighted by atomic mass is 35.5. The fourth-order valence-corrected chi connectivity index (χ4v) is 2.36. The van der Waals surface area contributed by atoms with Crippen molar-refractivity contribution in [3.63, 3.8) is 0 Å². The van der Waals surface area contributed by atoms with Gasteiger partial charge in [0, 0.05) is 17.6 Å². The fraction of sp³-hybridized carbons (Fsp3) is 0.200. The molecule has 0 aliphatic heterocycles. The van der Waals surface area contributed by atoms with Crippen molar-refractivity contribution < 1.29 is 9.63 Å². The predicted octanol–water partition coefficient (Wildman–Crippen LogP) is 2.26. The number of aromatic nitrogens is 4. The zero-order valence-electron chi connectivity index (χ0n) is 12.3. The molecule has 0 saturated carbocycles. The highest BCUT2D eigenvalue weighted by molar-refractivity contribution is 6.30. The van der Waals surface area contributed by atoms with Gasteiger partial charge in [-0.05, 0) is 23.8 Å². The van der Waals surface area contributed by atoms with Crippen molar-refractivity contribution in [3.8, 4) is 0 Å². The van der Waals surface area contributed by atoms with Crippen LogP contribution in [0.1, 0.15) is 23.4 Å². The topological polar surface area (TPSA) is 94.0 Å². The zero-order chi connectivity index (χ0) is 17.1. The summed E-state index contributed by atoms with van der Waals surface area (Å²) < 4.78 is 6.20. The second-order valence-corrected chi connectivity index (χ2v) is 5.86. The normalized spacial score (nSPS) is 12.3. The van der Waals surface area contributed by atoms with Gasteiger partial charge in [0.15, 0.2) is 5.82 Å². The Morgan fingerprint density at radius 2 is 1.96 bits per heavy atom. The molecule has 124 valence electrons. The van der Waals surface area contributed by atoms with Crippen molar-refractivity contribution in [3.05, 3.63) is 74.2 Å². The van der Waals surface area contributed by atoms with Gasteiger partial charge in [-0.15, -0.1) is 0 Å². The van der Waals surface area contributed by atoms with Gasteiger partial charge >= 0.3 is 0 Å². The molecule has 0 spiro atoms. The van der Waals surface area contributed by atoms with Crippen LogP contribution in [0.5, 0.6) is 0 Å². The van der Waals surface area contributed by atoms with E-state index in [0.717, 1.165) is 4.68 Å². The number of benzene rings is 1. The Kier molecular flexibility index (Phi) is 4.94. The van der Waals surface area contributed by atoms with E-state index in [1.807, 2.05) is 0 Å². The molecule has 0 radical (unpaired) electrons. The summed E-state index contributed by atoms with van der Waals surface area (Å²) in [5.74, 6) is 0.521. The van der Waals surface area contributed by atoms with E-state index in [0.29, 0.717) is 16.4 Å². The molecule has 2 aromatic heterocycles. The first-order valence-corrected chi connectivity index (χ1v) is 7.75. The maximum absolute atomic E-state index is 11.8. The van der Waals surface area contributed by atoms with Crippen LogP contribution in [0.2, 0.25) is 10.0 Å². The van der Waals surface area contributed by atoms with E-state index in [9.17, 15) is 9.90 Å². The lowest BCUT2D eigenvalue weighted by Crippen LogP contribution is -2.23. The number of rotatable bonds is 5. The minimum Gasteiger partial charge on any atom is -0.388 e. The van der Waals surface area contributed by atoms with Gasteiger partial charge in [-0.3, -0.25) is 4.79 Å². The molecule has 1 N–H and O–H groups in total. The number of hydrogen-bond donors (Lipinski definition) is 1. The van der Waals surface area contributed by atoms with Crippen LogP contribution in [0, 0.1) is 0 Å². The molecule has 9 heteroatoms. The van der Waals surface area contributed by atoms with Crippen molar-refractivity contribution >= 4 is 23.2 Å². The third-order valence-corrected chi connectivity index (χ3v) is 3.83. The maximum atomic E-state index is 11.8. The summed E-state index contributed by atoms with van der Waals surface area (Å²) in [5.41, 5.74) is 0.249. The zero-order valence-corrected chi connectivity index (χ0v) is 13.8. The molecule has 0 bridgehead atoms. The van der Waals surface area contributed by atoms with Crippen molar-refractivity contribution in [2.45, 2.75) is 19.1 Å². The van der Waals surface area contributed by atoms with E-state index in [4.69, 9.17) is 27.7 Å². The number of halogens is 2. The molecule has 3 aromatic rings. The van der Waals surface area contributed by atoms with Crippen LogP contribution in [-0.2, 0) is 13.0 Å². The summed E-state index contributed by atoms with van der Waals surface area (Å²) >= 11 is 11.6. The van der Waals surface area contributed by atoms with Crippen LogP contribution in [0.25, 0.3) is 0 Å². The van der Waals surface area contributed by atoms with Gasteiger partial charge in [0.2, 0.25) is 5.89 Å². The minimum atomic E-state index is -0.792. The van der Waals surface area contributed by atoms with Crippen LogP contribution in [-0.4, -0.2) is 25.0 Å². The first-order chi connectivity index (χ1) is 11.5. The van der Waals surface area contributed by atoms with Crippen molar-refractivity contribution in [1.29, 1.82) is 0 Å². The highest BCUT2D eigenvalue weighted by Crippen LogP contribution is 2.19. The Bertz CT molecular complexity index is 892. The molecule has 0 aliphatic carbocycles. The van der Waals surface area contributed by atoms with Gasteiger partial charge in [0.05, 0.1) is 6.10 Å². The van der Waals surface area contributed by atoms with E-state index >= 15 is 0 Å². The molecular formula is C15H12Cl2N4O3. The number of hydrogen-bond acceptors (Lipinski definition) is 6. The minimum absolute atomic E-state index is 0.00341. The monoisotopic (exact) mass is 366 g/mol. The van der Waals surface area contributed by atoms with Crippen LogP contribution in [0.3, 0.4) is 0 Å². The van der Waals surface area contributed by atoms with E-state index < -0.39 is 11.7 Å². The third-order valence-electron chi connectivity index (χ3n) is 3.29. The van der Waals surface area contributed by atoms with Gasteiger partial charge in [-0.25, -0.2) is 4.68 Å². The average molecular weight is 367 g/mol. The summed E-state index contributed by atoms with van der Waals surface area (Å²) in [5, 5.41) is 18.5. The van der Waals surface area contributed by atoms with E-state index in [1.165, 1.54) is 12.3 Å². The summed E-state index contributed by atoms with van der Waals surface area (Å²) in [7, 11) is 0. The molecule has 3 rings (SSSR count). The molecule has 24 heavy (non-hydrogen) atoms. The first-order valence-electron chi connectivity index (χ1n) is 6.99. The molecule has 0 aliphatic rings. The Morgan fingerprint density at radius 1 is 1.21 bits per heavy atom. The third kappa shape index (κ3) is 3.81. The molecule has 2 heterocycles. The predicted molar refractivity (Wildman–Crippen MR) is 87.0 cm³/mol. The van der Waals surface area contributed by atoms with Crippen LogP contribution in [0.4, 0.5) is 0 Å². The summed E-state index contributed by atoms with van der Waals surface area (Å²) in [6.45, 7) is 0.00341. The first kappa shape index (κ1) is 16.6. The van der Waals surface area contributed by atoms with Gasteiger partial charge < -0.3 is 9.63 Å². The quantitative estimate of drug-likeness (QED) is 0.744. The van der Waals surface area contributed by atoms with Gasteiger partial charge in [0.25, 0.3) is 5.56 Å². The Labute approximate surface area is 146 Å². The summed E-state index contributed by atoms with van der Waals surface area (Å²) in [6.07, 6.45) is 0.786. The smallest absolute Gasteiger partial charge is 0.285 e. The molecule has 1 atom stereocenters. The second kappa shape index (κ2) is 7.12. The standard InChI is InChI=1S/C15H12Cl2N4O3/c16-10-3-1-9(2-4-10)12(22)7-13-19-14(24-20-13)8-21-15(23)11(17)5-6-18-21/h1-6,12,22H,7-8H2/t12-/m0/s1. The number of nitrogens with zero attached hydrogens (tertiary/aromatic N) is 4. The molecule has 1 aromatic carbocycles. The Morgan fingerprint density at radius 3 is 2.71 bits per heavy atom. The molecule has 0 fully saturated rings. The van der Waals surface area contributed by atoms with Gasteiger partial charge in [-0.1, -0.05) is 40.5 Å².